The molecule has 20 nitrogen and oxygen atoms in total. The molecule has 7 rings (SSSR count). The Morgan fingerprint density at radius 1 is 0.616 bits per heavy atom. The molecular formula is C64H90F2N12O8. The summed E-state index contributed by atoms with van der Waals surface area (Å²) in [7, 11) is 0. The van der Waals surface area contributed by atoms with Gasteiger partial charge in [0.25, 0.3) is 0 Å². The van der Waals surface area contributed by atoms with Crippen LogP contribution in [0.1, 0.15) is 151 Å². The number of rotatable bonds is 30. The summed E-state index contributed by atoms with van der Waals surface area (Å²) >= 11 is 0. The molecule has 4 saturated heterocycles. The Kier molecular flexibility index (Phi) is 26.5. The smallest absolute Gasteiger partial charge is 0.246 e. The molecule has 22 heteroatoms. The number of amides is 6. The minimum atomic E-state index is -0.887. The van der Waals surface area contributed by atoms with E-state index in [4.69, 9.17) is 5.84 Å². The maximum absolute atomic E-state index is 14.3. The number of nitrogens with two attached hydrogens (primary N) is 1. The monoisotopic (exact) mass is 1190 g/mol. The van der Waals surface area contributed by atoms with Gasteiger partial charge in [-0.2, -0.15) is 5.10 Å². The molecule has 0 spiro atoms. The summed E-state index contributed by atoms with van der Waals surface area (Å²) in [5, 5.41) is 43.6. The number of unbranched alkanes of at least 4 members (excludes halogenated alkanes) is 2. The molecular weight excluding hydrogens is 1100 g/mol. The van der Waals surface area contributed by atoms with Crippen LogP contribution in [0.4, 0.5) is 8.78 Å². The second-order valence-electron chi connectivity index (χ2n) is 23.1. The van der Waals surface area contributed by atoms with Gasteiger partial charge in [0.1, 0.15) is 41.5 Å². The standard InChI is InChI=1S/C64H90F2N12O8/c1-42(70-37-39-79)59(81)73-53-15-5-3-13-50-29-31-56(77(50)63(53)85)61(83)72-52(46-21-25-48(65)26-22-46)33-36-68-34-9-7-11-44-17-19-45(20-18-44)12-8-10-35-69-41-55(76-67)58(47-23-27-49(66)28-24-47)75-62(84)57-32-30-51-14-4-6-16-54(64(86)78(51)57)74-60(82)43(2)71-38-40-80/h17-28,33,36,41-43,50-54,56-58,68,70-71,79-80H,3-16,29-32,34-35,37-40,67H2,1-2H3,(H,72,83)(H,73,81)(H,74,82)(H,75,84)/b36-33+,69-41?,76-55?/t42-,43-,50-,51-,52+,53-,54-,56-,57?,58-/m0/s1. The first-order valence-corrected chi connectivity index (χ1v) is 31.0. The lowest BCUT2D eigenvalue weighted by atomic mass is 9.98. The number of aryl methyl sites for hydroxylation is 2. The predicted octanol–water partition coefficient (Wildman–Crippen LogP) is 4.59. The van der Waals surface area contributed by atoms with E-state index in [0.29, 0.717) is 62.7 Å². The zero-order chi connectivity index (χ0) is 61.4. The molecule has 0 aromatic heterocycles. The van der Waals surface area contributed by atoms with E-state index in [9.17, 15) is 47.8 Å². The number of carbonyl (C=O) groups excluding carboxylic acids is 6. The zero-order valence-corrected chi connectivity index (χ0v) is 49.9. The summed E-state index contributed by atoms with van der Waals surface area (Å²) in [6.07, 6.45) is 18.3. The molecule has 6 amide bonds. The number of hydrogen-bond acceptors (Lipinski definition) is 14. The van der Waals surface area contributed by atoms with Gasteiger partial charge in [0.15, 0.2) is 0 Å². The molecule has 1 unspecified atom stereocenters. The first kappa shape index (κ1) is 66.4. The summed E-state index contributed by atoms with van der Waals surface area (Å²) in [6, 6.07) is 14.2. The molecule has 0 bridgehead atoms. The molecule has 3 aromatic rings. The van der Waals surface area contributed by atoms with Crippen LogP contribution in [-0.2, 0) is 41.6 Å². The zero-order valence-electron chi connectivity index (χ0n) is 49.9. The Morgan fingerprint density at radius 2 is 1.09 bits per heavy atom. The Labute approximate surface area is 504 Å². The minimum Gasteiger partial charge on any atom is -0.395 e. The number of hydrogen-bond donors (Lipinski definition) is 10. The van der Waals surface area contributed by atoms with Gasteiger partial charge < -0.3 is 63.1 Å². The number of fused-ring (bicyclic) bond motifs is 2. The Hall–Kier alpha value is -7.14. The van der Waals surface area contributed by atoms with E-state index >= 15 is 0 Å². The molecule has 86 heavy (non-hydrogen) atoms. The molecule has 0 saturated carbocycles. The van der Waals surface area contributed by atoms with Crippen LogP contribution in [0.3, 0.4) is 0 Å². The number of aliphatic hydroxyl groups is 2. The number of carbonyl (C=O) groups is 6. The number of hydrazone groups is 1. The van der Waals surface area contributed by atoms with Gasteiger partial charge >= 0.3 is 0 Å². The van der Waals surface area contributed by atoms with Crippen LogP contribution in [0.15, 0.2) is 95.2 Å². The highest BCUT2D eigenvalue weighted by Gasteiger charge is 2.46. The second-order valence-corrected chi connectivity index (χ2v) is 23.1. The van der Waals surface area contributed by atoms with E-state index in [-0.39, 0.29) is 73.6 Å². The van der Waals surface area contributed by atoms with Crippen molar-refractivity contribution in [2.45, 2.75) is 190 Å². The lowest BCUT2D eigenvalue weighted by Gasteiger charge is -2.36. The quantitative estimate of drug-likeness (QED) is 0.0190. The molecule has 4 aliphatic rings. The van der Waals surface area contributed by atoms with E-state index in [0.717, 1.165) is 77.0 Å². The van der Waals surface area contributed by atoms with E-state index in [1.54, 1.807) is 54.1 Å². The summed E-state index contributed by atoms with van der Waals surface area (Å²) in [5.74, 6) is 3.10. The Morgan fingerprint density at radius 3 is 1.59 bits per heavy atom. The molecule has 3 aromatic carbocycles. The Balaban J connectivity index is 0.851. The van der Waals surface area contributed by atoms with E-state index < -0.39 is 65.9 Å². The van der Waals surface area contributed by atoms with E-state index in [1.165, 1.54) is 41.6 Å². The van der Waals surface area contributed by atoms with Crippen LogP contribution < -0.4 is 43.1 Å². The van der Waals surface area contributed by atoms with Crippen molar-refractivity contribution in [2.75, 3.05) is 39.4 Å². The van der Waals surface area contributed by atoms with Crippen molar-refractivity contribution in [3.05, 3.63) is 119 Å². The van der Waals surface area contributed by atoms with Gasteiger partial charge in [-0.05, 0) is 163 Å². The van der Waals surface area contributed by atoms with Crippen molar-refractivity contribution in [1.82, 2.24) is 47.0 Å². The number of nitrogens with zero attached hydrogens (tertiary/aromatic N) is 4. The maximum Gasteiger partial charge on any atom is 0.246 e. The number of benzene rings is 3. The van der Waals surface area contributed by atoms with Crippen molar-refractivity contribution in [3.8, 4) is 0 Å². The SMILES string of the molecule is C[C@H](NCCO)C(=O)N[C@H]1CCCC[C@H]2CCC(C(=O)N[C@H](C(C=NCCCCc3ccc(CCCCN/C=C/[C@@H](NC(=O)[C@@H]4CC[C@@H]5CCCC[C@H](NC(=O)[C@H](C)NCCO)C(=O)N54)c4ccc(F)cc4)cc3)=NN)c3ccc(F)cc3)N2C1=O. The van der Waals surface area contributed by atoms with Gasteiger partial charge in [0.2, 0.25) is 35.4 Å². The van der Waals surface area contributed by atoms with Crippen LogP contribution in [0.5, 0.6) is 0 Å². The average molecular weight is 1190 g/mol. The molecule has 0 radical (unpaired) electrons. The number of aliphatic hydroxyl groups excluding tert-OH is 2. The van der Waals surface area contributed by atoms with Crippen molar-refractivity contribution < 1.29 is 47.8 Å². The normalized spacial score (nSPS) is 22.4. The predicted molar refractivity (Wildman–Crippen MR) is 326 cm³/mol. The van der Waals surface area contributed by atoms with Crippen molar-refractivity contribution >= 4 is 47.4 Å². The molecule has 4 fully saturated rings. The van der Waals surface area contributed by atoms with Crippen molar-refractivity contribution in [2.24, 2.45) is 15.9 Å². The highest BCUT2D eigenvalue weighted by atomic mass is 19.1. The van der Waals surface area contributed by atoms with Gasteiger partial charge in [-0.1, -0.05) is 74.2 Å². The molecule has 468 valence electrons. The maximum atomic E-state index is 14.3. The third kappa shape index (κ3) is 19.2. The van der Waals surface area contributed by atoms with Crippen LogP contribution >= 0.6 is 0 Å². The van der Waals surface area contributed by atoms with Gasteiger partial charge in [0, 0.05) is 44.5 Å². The molecule has 0 aliphatic carbocycles. The van der Waals surface area contributed by atoms with Crippen LogP contribution in [-0.4, -0.2) is 155 Å². The summed E-state index contributed by atoms with van der Waals surface area (Å²) < 4.78 is 28.2. The van der Waals surface area contributed by atoms with Crippen LogP contribution in [0.2, 0.25) is 0 Å². The van der Waals surface area contributed by atoms with Gasteiger partial charge in [-0.25, -0.2) is 8.78 Å². The van der Waals surface area contributed by atoms with Gasteiger partial charge in [0.05, 0.1) is 37.4 Å². The fourth-order valence-corrected chi connectivity index (χ4v) is 12.1. The van der Waals surface area contributed by atoms with Crippen molar-refractivity contribution in [1.29, 1.82) is 0 Å². The first-order valence-electron chi connectivity index (χ1n) is 31.0. The topological polar surface area (TPSA) is 284 Å². The van der Waals surface area contributed by atoms with Crippen molar-refractivity contribution in [3.63, 3.8) is 0 Å². The van der Waals surface area contributed by atoms with Gasteiger partial charge in [-0.15, -0.1) is 0 Å². The largest absolute Gasteiger partial charge is 0.395 e. The summed E-state index contributed by atoms with van der Waals surface area (Å²) in [6.45, 7) is 4.72. The van der Waals surface area contributed by atoms with E-state index in [2.05, 4.69) is 71.6 Å². The fourth-order valence-electron chi connectivity index (χ4n) is 12.1. The number of halogens is 2. The first-order chi connectivity index (χ1) is 41.7. The highest BCUT2D eigenvalue weighted by Crippen LogP contribution is 2.34. The number of aliphatic imine (C=N–C) groups is 1. The van der Waals surface area contributed by atoms with Crippen LogP contribution in [0.25, 0.3) is 0 Å². The molecule has 11 N–H and O–H groups in total. The summed E-state index contributed by atoms with van der Waals surface area (Å²) in [4.78, 5) is 90.6. The minimum absolute atomic E-state index is 0.113. The number of nitrogens with one attached hydrogen (secondary N) is 7. The Bertz CT molecular complexity index is 2770. The highest BCUT2D eigenvalue weighted by molar-refractivity contribution is 6.33. The second kappa shape index (κ2) is 34.3. The fraction of sp³-hybridized carbons (Fsp3) is 0.562. The van der Waals surface area contributed by atoms with Gasteiger partial charge in [-0.3, -0.25) is 33.8 Å². The third-order valence-electron chi connectivity index (χ3n) is 17.0. The lowest BCUT2D eigenvalue weighted by molar-refractivity contribution is -0.144. The molecule has 4 aliphatic heterocycles. The third-order valence-corrected chi connectivity index (χ3v) is 17.0. The molecule has 4 heterocycles. The summed E-state index contributed by atoms with van der Waals surface area (Å²) in [5.41, 5.74) is 3.91. The average Bonchev–Trinajstić information content (AvgIpc) is 2.07. The van der Waals surface area contributed by atoms with E-state index in [1.807, 2.05) is 6.08 Å². The molecule has 10 atom stereocenters. The van der Waals surface area contributed by atoms with Crippen LogP contribution in [0, 0.1) is 11.6 Å². The lowest BCUT2D eigenvalue weighted by Crippen LogP contribution is -2.58.